The number of nitrogen functional groups attached to an aromatic ring is 1. The van der Waals surface area contributed by atoms with Gasteiger partial charge in [0.2, 0.25) is 11.9 Å². The summed E-state index contributed by atoms with van der Waals surface area (Å²) in [5.74, 6) is 1.59. The molecule has 1 aliphatic heterocycles. The summed E-state index contributed by atoms with van der Waals surface area (Å²) in [7, 11) is 3.81. The average Bonchev–Trinajstić information content (AvgIpc) is 3.05. The van der Waals surface area contributed by atoms with Crippen molar-refractivity contribution in [1.82, 2.24) is 24.8 Å². The van der Waals surface area contributed by atoms with E-state index in [4.69, 9.17) is 10.7 Å². The number of rotatable bonds is 4. The molecule has 136 valence electrons. The Balaban J connectivity index is 1.62. The molecule has 4 rings (SSSR count). The van der Waals surface area contributed by atoms with Gasteiger partial charge in [0.1, 0.15) is 10.8 Å². The Labute approximate surface area is 156 Å². The SMILES string of the molecule is CN(C)c1nc(N)nc(CN2CCCCC2c2nc3ccccc3s2)n1. The lowest BCUT2D eigenvalue weighted by molar-refractivity contribution is 0.136. The fourth-order valence-electron chi connectivity index (χ4n) is 3.37. The lowest BCUT2D eigenvalue weighted by Gasteiger charge is -2.33. The molecule has 0 aliphatic carbocycles. The van der Waals surface area contributed by atoms with Crippen molar-refractivity contribution in [2.24, 2.45) is 0 Å². The molecule has 3 aromatic rings. The molecule has 0 bridgehead atoms. The first kappa shape index (κ1) is 17.1. The van der Waals surface area contributed by atoms with E-state index >= 15 is 0 Å². The molecule has 7 nitrogen and oxygen atoms in total. The molecule has 1 saturated heterocycles. The number of hydrogen-bond acceptors (Lipinski definition) is 8. The van der Waals surface area contributed by atoms with E-state index in [0.29, 0.717) is 24.4 Å². The summed E-state index contributed by atoms with van der Waals surface area (Å²) in [6.45, 7) is 1.68. The van der Waals surface area contributed by atoms with E-state index in [1.54, 1.807) is 11.3 Å². The van der Waals surface area contributed by atoms with Crippen LogP contribution in [-0.4, -0.2) is 45.5 Å². The van der Waals surface area contributed by atoms with Crippen molar-refractivity contribution < 1.29 is 0 Å². The number of likely N-dealkylation sites (tertiary alicyclic amines) is 1. The normalized spacial score (nSPS) is 18.3. The highest BCUT2D eigenvalue weighted by atomic mass is 32.1. The van der Waals surface area contributed by atoms with Crippen molar-refractivity contribution in [3.8, 4) is 0 Å². The lowest BCUT2D eigenvalue weighted by Crippen LogP contribution is -2.33. The van der Waals surface area contributed by atoms with E-state index in [2.05, 4.69) is 38.1 Å². The van der Waals surface area contributed by atoms with Crippen LogP contribution in [0.2, 0.25) is 0 Å². The first-order valence-electron chi connectivity index (χ1n) is 8.87. The van der Waals surface area contributed by atoms with Crippen molar-refractivity contribution in [3.05, 3.63) is 35.1 Å². The Morgan fingerprint density at radius 3 is 2.81 bits per heavy atom. The molecule has 0 saturated carbocycles. The maximum atomic E-state index is 5.88. The molecule has 1 atom stereocenters. The standard InChI is InChI=1S/C18H23N7S/c1-24(2)18-22-15(21-17(19)23-18)11-25-10-6-5-8-13(25)16-20-12-7-3-4-9-14(12)26-16/h3-4,7,9,13H,5-6,8,10-11H2,1-2H3,(H2,19,21,22,23). The molecule has 1 unspecified atom stereocenters. The predicted octanol–water partition coefficient (Wildman–Crippen LogP) is 2.86. The third-order valence-electron chi connectivity index (χ3n) is 4.64. The zero-order valence-electron chi connectivity index (χ0n) is 15.1. The molecule has 3 heterocycles. The van der Waals surface area contributed by atoms with Gasteiger partial charge in [-0.3, -0.25) is 4.90 Å². The molecule has 8 heteroatoms. The van der Waals surface area contributed by atoms with Crippen LogP contribution in [0.25, 0.3) is 10.2 Å². The van der Waals surface area contributed by atoms with E-state index in [1.165, 1.54) is 22.5 Å². The van der Waals surface area contributed by atoms with Gasteiger partial charge in [0.05, 0.1) is 22.8 Å². The molecule has 26 heavy (non-hydrogen) atoms. The van der Waals surface area contributed by atoms with Crippen LogP contribution in [0.3, 0.4) is 0 Å². The van der Waals surface area contributed by atoms with Crippen LogP contribution in [0.5, 0.6) is 0 Å². The van der Waals surface area contributed by atoms with Gasteiger partial charge in [-0.2, -0.15) is 15.0 Å². The largest absolute Gasteiger partial charge is 0.368 e. The van der Waals surface area contributed by atoms with Gasteiger partial charge in [0.15, 0.2) is 0 Å². The van der Waals surface area contributed by atoms with Gasteiger partial charge < -0.3 is 10.6 Å². The summed E-state index contributed by atoms with van der Waals surface area (Å²) >= 11 is 1.79. The van der Waals surface area contributed by atoms with Crippen molar-refractivity contribution in [1.29, 1.82) is 0 Å². The fraction of sp³-hybridized carbons (Fsp3) is 0.444. The van der Waals surface area contributed by atoms with Crippen LogP contribution < -0.4 is 10.6 Å². The Kier molecular flexibility index (Phi) is 4.69. The number of piperidine rings is 1. The third-order valence-corrected chi connectivity index (χ3v) is 5.78. The van der Waals surface area contributed by atoms with E-state index in [1.807, 2.05) is 25.1 Å². The summed E-state index contributed by atoms with van der Waals surface area (Å²) in [4.78, 5) is 22.3. The highest BCUT2D eigenvalue weighted by Crippen LogP contribution is 2.36. The lowest BCUT2D eigenvalue weighted by atomic mass is 10.0. The minimum Gasteiger partial charge on any atom is -0.368 e. The maximum Gasteiger partial charge on any atom is 0.229 e. The average molecular weight is 369 g/mol. The number of aromatic nitrogens is 4. The summed E-state index contributed by atoms with van der Waals surface area (Å²) in [5, 5.41) is 1.18. The topological polar surface area (TPSA) is 84.1 Å². The molecule has 1 aromatic carbocycles. The van der Waals surface area contributed by atoms with Crippen molar-refractivity contribution in [2.75, 3.05) is 31.3 Å². The van der Waals surface area contributed by atoms with Crippen LogP contribution in [0.1, 0.15) is 36.1 Å². The summed E-state index contributed by atoms with van der Waals surface area (Å²) in [6, 6.07) is 8.64. The quantitative estimate of drug-likeness (QED) is 0.757. The van der Waals surface area contributed by atoms with E-state index in [-0.39, 0.29) is 5.95 Å². The minimum atomic E-state index is 0.271. The number of thiazole rings is 1. The van der Waals surface area contributed by atoms with Crippen molar-refractivity contribution in [2.45, 2.75) is 31.8 Å². The Bertz CT molecular complexity index is 874. The number of fused-ring (bicyclic) bond motifs is 1. The first-order chi connectivity index (χ1) is 12.6. The van der Waals surface area contributed by atoms with Crippen LogP contribution in [0.4, 0.5) is 11.9 Å². The van der Waals surface area contributed by atoms with Gasteiger partial charge in [-0.05, 0) is 31.5 Å². The maximum absolute atomic E-state index is 5.88. The number of anilines is 2. The predicted molar refractivity (Wildman–Crippen MR) is 105 cm³/mol. The second-order valence-corrected chi connectivity index (χ2v) is 7.87. The molecule has 1 fully saturated rings. The Morgan fingerprint density at radius 1 is 1.15 bits per heavy atom. The molecular formula is C18H23N7S. The molecule has 0 amide bonds. The number of hydrogen-bond donors (Lipinski definition) is 1. The van der Waals surface area contributed by atoms with Crippen LogP contribution in [-0.2, 0) is 6.54 Å². The second-order valence-electron chi connectivity index (χ2n) is 6.81. The van der Waals surface area contributed by atoms with E-state index in [0.717, 1.165) is 18.5 Å². The summed E-state index contributed by atoms with van der Waals surface area (Å²) in [5.41, 5.74) is 6.96. The van der Waals surface area contributed by atoms with Crippen LogP contribution >= 0.6 is 11.3 Å². The second kappa shape index (κ2) is 7.13. The molecule has 2 aromatic heterocycles. The molecule has 1 aliphatic rings. The van der Waals surface area contributed by atoms with Gasteiger partial charge in [0, 0.05) is 14.1 Å². The third kappa shape index (κ3) is 3.47. The number of nitrogens with zero attached hydrogens (tertiary/aromatic N) is 6. The minimum absolute atomic E-state index is 0.271. The summed E-state index contributed by atoms with van der Waals surface area (Å²) in [6.07, 6.45) is 3.52. The molecule has 2 N–H and O–H groups in total. The zero-order valence-corrected chi connectivity index (χ0v) is 15.9. The van der Waals surface area contributed by atoms with Gasteiger partial charge in [0.25, 0.3) is 0 Å². The number of benzene rings is 1. The zero-order chi connectivity index (χ0) is 18.1. The molecule has 0 radical (unpaired) electrons. The van der Waals surface area contributed by atoms with Gasteiger partial charge in [-0.15, -0.1) is 11.3 Å². The van der Waals surface area contributed by atoms with Crippen molar-refractivity contribution in [3.63, 3.8) is 0 Å². The highest BCUT2D eigenvalue weighted by molar-refractivity contribution is 7.18. The molecular weight excluding hydrogens is 346 g/mol. The van der Waals surface area contributed by atoms with Crippen LogP contribution in [0, 0.1) is 0 Å². The highest BCUT2D eigenvalue weighted by Gasteiger charge is 2.27. The number of nitrogens with two attached hydrogens (primary N) is 1. The summed E-state index contributed by atoms with van der Waals surface area (Å²) < 4.78 is 1.24. The van der Waals surface area contributed by atoms with Gasteiger partial charge in [-0.25, -0.2) is 4.98 Å². The smallest absolute Gasteiger partial charge is 0.229 e. The Morgan fingerprint density at radius 2 is 2.00 bits per heavy atom. The van der Waals surface area contributed by atoms with Gasteiger partial charge in [-0.1, -0.05) is 18.6 Å². The van der Waals surface area contributed by atoms with E-state index in [9.17, 15) is 0 Å². The number of para-hydroxylation sites is 1. The van der Waals surface area contributed by atoms with Crippen molar-refractivity contribution >= 4 is 33.5 Å². The van der Waals surface area contributed by atoms with Gasteiger partial charge >= 0.3 is 0 Å². The molecule has 0 spiro atoms. The first-order valence-corrected chi connectivity index (χ1v) is 9.69. The Hall–Kier alpha value is -2.32. The monoisotopic (exact) mass is 369 g/mol. The fourth-order valence-corrected chi connectivity index (χ4v) is 4.51. The van der Waals surface area contributed by atoms with E-state index < -0.39 is 0 Å². The van der Waals surface area contributed by atoms with Crippen LogP contribution in [0.15, 0.2) is 24.3 Å².